The standard InChI is InChI=1S/C59H111NO5/c1-3-5-7-9-11-13-15-17-19-21-23-25-26-27-28-29-30-31-32-33-35-36-38-40-42-44-46-48-50-52-56(62)58(64)55(54-61)60-59(65)57(63)53-51-49-47-45-43-41-39-37-34-24-22-20-18-16-14-12-10-8-6-4-2/h6,8,12,14,36,38,44,46,55-58,61-64H,3-5,7,9-11,13,15-35,37,39-43,45,47-54H2,1-2H3,(H,60,65)/b8-6-,14-12-,38-36+,46-44+. The van der Waals surface area contributed by atoms with Crippen molar-refractivity contribution >= 4 is 5.91 Å². The van der Waals surface area contributed by atoms with Gasteiger partial charge in [-0.1, -0.05) is 262 Å². The Bertz CT molecular complexity index is 1070. The molecule has 0 aliphatic heterocycles. The van der Waals surface area contributed by atoms with Crippen LogP contribution in [-0.4, -0.2) is 57.3 Å². The van der Waals surface area contributed by atoms with Crippen LogP contribution in [-0.2, 0) is 4.79 Å². The van der Waals surface area contributed by atoms with Gasteiger partial charge in [-0.3, -0.25) is 4.79 Å². The van der Waals surface area contributed by atoms with Gasteiger partial charge in [0.2, 0.25) is 5.91 Å². The molecule has 4 unspecified atom stereocenters. The van der Waals surface area contributed by atoms with E-state index in [2.05, 4.69) is 67.8 Å². The summed E-state index contributed by atoms with van der Waals surface area (Å²) in [6, 6.07) is -1.01. The Morgan fingerprint density at radius 1 is 0.400 bits per heavy atom. The first kappa shape index (κ1) is 63.3. The average molecular weight is 915 g/mol. The summed E-state index contributed by atoms with van der Waals surface area (Å²) in [6.07, 6.45) is 67.6. The summed E-state index contributed by atoms with van der Waals surface area (Å²) in [6.45, 7) is 3.96. The van der Waals surface area contributed by atoms with E-state index in [-0.39, 0.29) is 0 Å². The SMILES string of the molecule is CC/C=C\C/C=C\CCCCCCCCCCCCCCCC(O)C(=O)NC(CO)C(O)C(O)CCC/C=C/CC/C=C/CCCCCCCCCCCCCCCCCCCCCC. The molecule has 0 rings (SSSR count). The van der Waals surface area contributed by atoms with Crippen molar-refractivity contribution in [3.63, 3.8) is 0 Å². The highest BCUT2D eigenvalue weighted by Crippen LogP contribution is 2.17. The normalized spacial score (nSPS) is 14.1. The molecule has 0 aliphatic carbocycles. The van der Waals surface area contributed by atoms with Gasteiger partial charge in [-0.15, -0.1) is 0 Å². The van der Waals surface area contributed by atoms with Gasteiger partial charge in [0.25, 0.3) is 0 Å². The van der Waals surface area contributed by atoms with Crippen LogP contribution in [0.25, 0.3) is 0 Å². The lowest BCUT2D eigenvalue weighted by atomic mass is 10.00. The van der Waals surface area contributed by atoms with Gasteiger partial charge < -0.3 is 25.7 Å². The van der Waals surface area contributed by atoms with Crippen molar-refractivity contribution in [3.8, 4) is 0 Å². The molecule has 0 aliphatic rings. The van der Waals surface area contributed by atoms with Crippen LogP contribution in [0.1, 0.15) is 290 Å². The first-order valence-corrected chi connectivity index (χ1v) is 28.5. The summed E-state index contributed by atoms with van der Waals surface area (Å²) in [7, 11) is 0. The third-order valence-electron chi connectivity index (χ3n) is 13.3. The number of unbranched alkanes of at least 4 members (excludes halogenated alkanes) is 35. The number of nitrogens with one attached hydrogen (secondary N) is 1. The molecule has 0 aromatic heterocycles. The van der Waals surface area contributed by atoms with Crippen molar-refractivity contribution in [2.75, 3.05) is 6.61 Å². The molecule has 0 fully saturated rings. The quantitative estimate of drug-likeness (QED) is 0.0308. The van der Waals surface area contributed by atoms with Crippen LogP contribution < -0.4 is 5.32 Å². The van der Waals surface area contributed by atoms with Gasteiger partial charge in [0, 0.05) is 0 Å². The summed E-state index contributed by atoms with van der Waals surface area (Å²) in [5.41, 5.74) is 0. The zero-order valence-corrected chi connectivity index (χ0v) is 43.2. The summed E-state index contributed by atoms with van der Waals surface area (Å²) < 4.78 is 0. The molecular formula is C59H111NO5. The third-order valence-corrected chi connectivity index (χ3v) is 13.3. The molecule has 382 valence electrons. The zero-order valence-electron chi connectivity index (χ0n) is 43.2. The lowest BCUT2D eigenvalue weighted by Gasteiger charge is -2.27. The van der Waals surface area contributed by atoms with Crippen molar-refractivity contribution in [1.29, 1.82) is 0 Å². The second-order valence-electron chi connectivity index (χ2n) is 19.6. The Morgan fingerprint density at radius 3 is 1.14 bits per heavy atom. The second kappa shape index (κ2) is 53.2. The zero-order chi connectivity index (χ0) is 47.4. The van der Waals surface area contributed by atoms with Gasteiger partial charge in [0.05, 0.1) is 18.8 Å². The molecular weight excluding hydrogens is 803 g/mol. The lowest BCUT2D eigenvalue weighted by Crippen LogP contribution is -2.53. The number of aliphatic hydroxyl groups excluding tert-OH is 4. The molecule has 0 saturated carbocycles. The van der Waals surface area contributed by atoms with Gasteiger partial charge in [-0.25, -0.2) is 0 Å². The number of allylic oxidation sites excluding steroid dienone is 8. The van der Waals surface area contributed by atoms with Crippen LogP contribution >= 0.6 is 0 Å². The summed E-state index contributed by atoms with van der Waals surface area (Å²) in [5, 5.41) is 44.0. The van der Waals surface area contributed by atoms with Crippen molar-refractivity contribution in [2.24, 2.45) is 0 Å². The van der Waals surface area contributed by atoms with E-state index in [4.69, 9.17) is 0 Å². The number of carbonyl (C=O) groups is 1. The fourth-order valence-electron chi connectivity index (χ4n) is 8.81. The highest BCUT2D eigenvalue weighted by molar-refractivity contribution is 5.80. The summed E-state index contributed by atoms with van der Waals surface area (Å²) in [4.78, 5) is 12.6. The maximum absolute atomic E-state index is 12.6. The largest absolute Gasteiger partial charge is 0.394 e. The van der Waals surface area contributed by atoms with Crippen LogP contribution in [0.5, 0.6) is 0 Å². The molecule has 0 aromatic rings. The first-order valence-electron chi connectivity index (χ1n) is 28.5. The minimum absolute atomic E-state index is 0.358. The maximum atomic E-state index is 12.6. The molecule has 0 spiro atoms. The van der Waals surface area contributed by atoms with Gasteiger partial charge in [0.1, 0.15) is 12.2 Å². The van der Waals surface area contributed by atoms with Crippen LogP contribution in [0.3, 0.4) is 0 Å². The maximum Gasteiger partial charge on any atom is 0.249 e. The molecule has 5 N–H and O–H groups in total. The summed E-state index contributed by atoms with van der Waals surface area (Å²) in [5.74, 6) is -0.597. The number of amides is 1. The molecule has 0 bridgehead atoms. The molecule has 0 saturated heterocycles. The van der Waals surface area contributed by atoms with E-state index in [1.165, 1.54) is 205 Å². The molecule has 0 radical (unpaired) electrons. The Balaban J connectivity index is 3.67. The van der Waals surface area contributed by atoms with E-state index >= 15 is 0 Å². The summed E-state index contributed by atoms with van der Waals surface area (Å²) >= 11 is 0. The Kier molecular flexibility index (Phi) is 51.8. The lowest BCUT2D eigenvalue weighted by molar-refractivity contribution is -0.132. The van der Waals surface area contributed by atoms with E-state index in [9.17, 15) is 25.2 Å². The number of rotatable bonds is 52. The fourth-order valence-corrected chi connectivity index (χ4v) is 8.81. The van der Waals surface area contributed by atoms with Crippen LogP contribution in [0.15, 0.2) is 48.6 Å². The molecule has 4 atom stereocenters. The predicted octanol–water partition coefficient (Wildman–Crippen LogP) is 16.6. The molecule has 6 nitrogen and oxygen atoms in total. The van der Waals surface area contributed by atoms with Gasteiger partial charge in [0.15, 0.2) is 0 Å². The monoisotopic (exact) mass is 914 g/mol. The first-order chi connectivity index (χ1) is 32.0. The molecule has 6 heteroatoms. The van der Waals surface area contributed by atoms with E-state index in [0.717, 1.165) is 51.4 Å². The molecule has 65 heavy (non-hydrogen) atoms. The number of carbonyl (C=O) groups excluding carboxylic acids is 1. The van der Waals surface area contributed by atoms with Gasteiger partial charge in [-0.05, 0) is 77.0 Å². The van der Waals surface area contributed by atoms with Gasteiger partial charge >= 0.3 is 0 Å². The van der Waals surface area contributed by atoms with Crippen LogP contribution in [0.2, 0.25) is 0 Å². The smallest absolute Gasteiger partial charge is 0.249 e. The Labute approximate surface area is 404 Å². The average Bonchev–Trinajstić information content (AvgIpc) is 3.31. The minimum Gasteiger partial charge on any atom is -0.394 e. The highest BCUT2D eigenvalue weighted by Gasteiger charge is 2.28. The topological polar surface area (TPSA) is 110 Å². The van der Waals surface area contributed by atoms with Crippen molar-refractivity contribution < 1.29 is 25.2 Å². The number of hydrogen-bond acceptors (Lipinski definition) is 5. The second-order valence-corrected chi connectivity index (χ2v) is 19.6. The number of hydrogen-bond donors (Lipinski definition) is 5. The molecule has 0 heterocycles. The molecule has 1 amide bonds. The van der Waals surface area contributed by atoms with Crippen molar-refractivity contribution in [1.82, 2.24) is 5.32 Å². The highest BCUT2D eigenvalue weighted by atomic mass is 16.3. The van der Waals surface area contributed by atoms with E-state index in [0.29, 0.717) is 19.3 Å². The predicted molar refractivity (Wildman–Crippen MR) is 283 cm³/mol. The number of aliphatic hydroxyl groups is 4. The fraction of sp³-hybridized carbons (Fsp3) is 0.847. The molecule has 0 aromatic carbocycles. The van der Waals surface area contributed by atoms with E-state index < -0.39 is 36.9 Å². The van der Waals surface area contributed by atoms with Crippen LogP contribution in [0, 0.1) is 0 Å². The Hall–Kier alpha value is -1.73. The Morgan fingerprint density at radius 2 is 0.738 bits per heavy atom. The van der Waals surface area contributed by atoms with Gasteiger partial charge in [-0.2, -0.15) is 0 Å². The van der Waals surface area contributed by atoms with E-state index in [1.54, 1.807) is 0 Å². The van der Waals surface area contributed by atoms with E-state index in [1.807, 2.05) is 0 Å². The minimum atomic E-state index is -1.29. The third kappa shape index (κ3) is 47.1. The van der Waals surface area contributed by atoms with Crippen molar-refractivity contribution in [2.45, 2.75) is 314 Å². The van der Waals surface area contributed by atoms with Crippen molar-refractivity contribution in [3.05, 3.63) is 48.6 Å². The van der Waals surface area contributed by atoms with Crippen LogP contribution in [0.4, 0.5) is 0 Å².